The van der Waals surface area contributed by atoms with E-state index in [-0.39, 0.29) is 17.9 Å². The molecule has 2 aliphatic rings. The van der Waals surface area contributed by atoms with E-state index in [1.165, 1.54) is 0 Å². The molecule has 6 heteroatoms. The number of nitrogens with zero attached hydrogens (tertiary/aromatic N) is 2. The molecule has 2 aliphatic heterocycles. The maximum absolute atomic E-state index is 12.6. The van der Waals surface area contributed by atoms with E-state index in [1.54, 1.807) is 0 Å². The largest absolute Gasteiger partial charge is 0.349 e. The van der Waals surface area contributed by atoms with Gasteiger partial charge in [-0.1, -0.05) is 18.2 Å². The summed E-state index contributed by atoms with van der Waals surface area (Å²) in [6.45, 7) is 8.87. The molecule has 26 heavy (non-hydrogen) atoms. The van der Waals surface area contributed by atoms with E-state index < -0.39 is 0 Å². The molecule has 3 rings (SSSR count). The van der Waals surface area contributed by atoms with Gasteiger partial charge in [-0.15, -0.1) is 0 Å². The molecule has 142 valence electrons. The fraction of sp³-hybridized carbons (Fsp3) is 0.600. The van der Waals surface area contributed by atoms with Crippen molar-refractivity contribution in [2.45, 2.75) is 38.8 Å². The Morgan fingerprint density at radius 2 is 1.92 bits per heavy atom. The highest BCUT2D eigenvalue weighted by molar-refractivity contribution is 5.95. The van der Waals surface area contributed by atoms with Crippen molar-refractivity contribution in [2.75, 3.05) is 39.3 Å². The van der Waals surface area contributed by atoms with Crippen molar-refractivity contribution in [3.8, 4) is 0 Å². The molecule has 0 saturated carbocycles. The molecule has 1 aromatic carbocycles. The molecule has 2 saturated heterocycles. The lowest BCUT2D eigenvalue weighted by Gasteiger charge is -2.37. The molecule has 1 atom stereocenters. The van der Waals surface area contributed by atoms with E-state index >= 15 is 0 Å². The topological polar surface area (TPSA) is 64.7 Å². The molecule has 2 amide bonds. The Hall–Kier alpha value is -1.92. The lowest BCUT2D eigenvalue weighted by Crippen LogP contribution is -2.54. The third kappa shape index (κ3) is 4.62. The van der Waals surface area contributed by atoms with Crippen molar-refractivity contribution < 1.29 is 9.59 Å². The fourth-order valence-electron chi connectivity index (χ4n) is 3.76. The van der Waals surface area contributed by atoms with Gasteiger partial charge >= 0.3 is 0 Å². The molecule has 6 nitrogen and oxygen atoms in total. The summed E-state index contributed by atoms with van der Waals surface area (Å²) in [5.41, 5.74) is 1.72. The number of carbonyl (C=O) groups excluding carboxylic acids is 2. The molecule has 0 spiro atoms. The van der Waals surface area contributed by atoms with Gasteiger partial charge < -0.3 is 15.5 Å². The van der Waals surface area contributed by atoms with Gasteiger partial charge in [0.05, 0.1) is 6.54 Å². The third-order valence-corrected chi connectivity index (χ3v) is 5.55. The summed E-state index contributed by atoms with van der Waals surface area (Å²) in [6, 6.07) is 8.18. The highest BCUT2D eigenvalue weighted by Crippen LogP contribution is 2.14. The zero-order valence-corrected chi connectivity index (χ0v) is 15.8. The van der Waals surface area contributed by atoms with Crippen LogP contribution >= 0.6 is 0 Å². The average Bonchev–Trinajstić information content (AvgIpc) is 2.64. The first-order valence-corrected chi connectivity index (χ1v) is 9.63. The monoisotopic (exact) mass is 358 g/mol. The van der Waals surface area contributed by atoms with Crippen molar-refractivity contribution >= 4 is 11.8 Å². The Kier molecular flexibility index (Phi) is 6.27. The van der Waals surface area contributed by atoms with E-state index in [9.17, 15) is 9.59 Å². The number of hydrogen-bond acceptors (Lipinski definition) is 4. The van der Waals surface area contributed by atoms with Gasteiger partial charge in [0.1, 0.15) is 0 Å². The van der Waals surface area contributed by atoms with Gasteiger partial charge in [0.2, 0.25) is 5.91 Å². The van der Waals surface area contributed by atoms with Gasteiger partial charge in [-0.25, -0.2) is 0 Å². The van der Waals surface area contributed by atoms with E-state index in [1.807, 2.05) is 36.1 Å². The predicted molar refractivity (Wildman–Crippen MR) is 102 cm³/mol. The van der Waals surface area contributed by atoms with Crippen LogP contribution in [0.25, 0.3) is 0 Å². The number of benzene rings is 1. The number of nitrogens with one attached hydrogen (secondary N) is 2. The van der Waals surface area contributed by atoms with Crippen LogP contribution in [0.5, 0.6) is 0 Å². The molecule has 1 aromatic rings. The number of amides is 2. The molecule has 2 N–H and O–H groups in total. The maximum Gasteiger partial charge on any atom is 0.251 e. The molecule has 0 aromatic heterocycles. The van der Waals surface area contributed by atoms with Crippen LogP contribution in [-0.4, -0.2) is 73.0 Å². The second kappa shape index (κ2) is 8.64. The Bertz CT molecular complexity index is 640. The van der Waals surface area contributed by atoms with Crippen LogP contribution in [0.2, 0.25) is 0 Å². The van der Waals surface area contributed by atoms with E-state index in [0.717, 1.165) is 56.7 Å². The summed E-state index contributed by atoms with van der Waals surface area (Å²) in [5.74, 6) is 0.199. The number of hydrogen-bond donors (Lipinski definition) is 2. The zero-order chi connectivity index (χ0) is 18.5. The lowest BCUT2D eigenvalue weighted by atomic mass is 10.0. The maximum atomic E-state index is 12.6. The van der Waals surface area contributed by atoms with Crippen LogP contribution in [-0.2, 0) is 4.79 Å². The minimum absolute atomic E-state index is 0.0116. The summed E-state index contributed by atoms with van der Waals surface area (Å²) in [6.07, 6.45) is 1.64. The summed E-state index contributed by atoms with van der Waals surface area (Å²) in [4.78, 5) is 29.2. The number of piperazine rings is 1. The van der Waals surface area contributed by atoms with Gasteiger partial charge in [-0.3, -0.25) is 14.5 Å². The van der Waals surface area contributed by atoms with Gasteiger partial charge in [0.15, 0.2) is 0 Å². The van der Waals surface area contributed by atoms with Crippen LogP contribution < -0.4 is 10.6 Å². The Morgan fingerprint density at radius 1 is 1.19 bits per heavy atom. The van der Waals surface area contributed by atoms with Crippen molar-refractivity contribution in [1.29, 1.82) is 0 Å². The first-order valence-electron chi connectivity index (χ1n) is 9.63. The van der Waals surface area contributed by atoms with Gasteiger partial charge in [-0.05, 0) is 38.3 Å². The molecular formula is C20H30N4O2. The average molecular weight is 358 g/mol. The number of piperidine rings is 1. The lowest BCUT2D eigenvalue weighted by molar-refractivity contribution is -0.134. The molecule has 0 bridgehead atoms. The predicted octanol–water partition coefficient (Wildman–Crippen LogP) is 1.01. The van der Waals surface area contributed by atoms with Gasteiger partial charge in [-0.2, -0.15) is 0 Å². The minimum Gasteiger partial charge on any atom is -0.349 e. The van der Waals surface area contributed by atoms with Crippen molar-refractivity contribution in [3.05, 3.63) is 35.4 Å². The molecule has 0 radical (unpaired) electrons. The van der Waals surface area contributed by atoms with Gasteiger partial charge in [0, 0.05) is 50.4 Å². The van der Waals surface area contributed by atoms with Crippen LogP contribution in [0.15, 0.2) is 24.3 Å². The van der Waals surface area contributed by atoms with Crippen LogP contribution in [0.1, 0.15) is 35.7 Å². The molecule has 0 aliphatic carbocycles. The van der Waals surface area contributed by atoms with E-state index in [0.29, 0.717) is 12.6 Å². The highest BCUT2D eigenvalue weighted by Gasteiger charge is 2.27. The van der Waals surface area contributed by atoms with Crippen LogP contribution in [0.3, 0.4) is 0 Å². The normalized spacial score (nSPS) is 22.2. The number of likely N-dealkylation sites (tertiary alicyclic amines) is 1. The van der Waals surface area contributed by atoms with Crippen molar-refractivity contribution in [2.24, 2.45) is 0 Å². The summed E-state index contributed by atoms with van der Waals surface area (Å²) in [7, 11) is 0. The van der Waals surface area contributed by atoms with E-state index in [2.05, 4.69) is 22.5 Å². The third-order valence-electron chi connectivity index (χ3n) is 5.55. The van der Waals surface area contributed by atoms with Crippen LogP contribution in [0.4, 0.5) is 0 Å². The molecule has 0 unspecified atom stereocenters. The zero-order valence-electron chi connectivity index (χ0n) is 15.8. The van der Waals surface area contributed by atoms with E-state index in [4.69, 9.17) is 0 Å². The second-order valence-corrected chi connectivity index (χ2v) is 7.47. The Balaban J connectivity index is 1.46. The van der Waals surface area contributed by atoms with Gasteiger partial charge in [0.25, 0.3) is 5.91 Å². The first-order chi connectivity index (χ1) is 12.5. The minimum atomic E-state index is -0.0116. The number of carbonyl (C=O) groups is 2. The summed E-state index contributed by atoms with van der Waals surface area (Å²) < 4.78 is 0. The Morgan fingerprint density at radius 3 is 2.62 bits per heavy atom. The number of aryl methyl sites for hydroxylation is 1. The SMILES string of the molecule is Cc1ccccc1C(=O)NC1CCN(C(=O)CN2CCNC[C@@H]2C)CC1. The van der Waals surface area contributed by atoms with Crippen molar-refractivity contribution in [3.63, 3.8) is 0 Å². The summed E-state index contributed by atoms with van der Waals surface area (Å²) >= 11 is 0. The molecule has 2 fully saturated rings. The first kappa shape index (κ1) is 18.9. The fourth-order valence-corrected chi connectivity index (χ4v) is 3.76. The highest BCUT2D eigenvalue weighted by atomic mass is 16.2. The standard InChI is InChI=1S/C20H30N4O2/c1-15-5-3-4-6-18(15)20(26)22-17-7-10-23(11-8-17)19(25)14-24-12-9-21-13-16(24)2/h3-6,16-17,21H,7-14H2,1-2H3,(H,22,26)/t16-/m0/s1. The second-order valence-electron chi connectivity index (χ2n) is 7.47. The number of rotatable bonds is 4. The summed E-state index contributed by atoms with van der Waals surface area (Å²) in [5, 5.41) is 6.48. The Labute approximate surface area is 155 Å². The quantitative estimate of drug-likeness (QED) is 0.843. The molecular weight excluding hydrogens is 328 g/mol. The molecule has 2 heterocycles. The van der Waals surface area contributed by atoms with Crippen LogP contribution in [0, 0.1) is 6.92 Å². The van der Waals surface area contributed by atoms with Crippen molar-refractivity contribution in [1.82, 2.24) is 20.4 Å². The smallest absolute Gasteiger partial charge is 0.251 e.